The maximum Gasteiger partial charge on any atom is 1.00 e. The molecule has 0 amide bonds. The van der Waals surface area contributed by atoms with Crippen molar-refractivity contribution in [2.45, 2.75) is 0 Å². The van der Waals surface area contributed by atoms with Gasteiger partial charge in [-0.2, -0.15) is 0 Å². The fourth-order valence-electron chi connectivity index (χ4n) is 0. The van der Waals surface area contributed by atoms with E-state index < -0.39 is 0 Å². The number of hydrogen-bond acceptors (Lipinski definition) is 0. The number of halogens is 2. The molecule has 0 saturated carbocycles. The largest absolute Gasteiger partial charge is 1.00 e. The normalized spacial score (nSPS) is 0. The Labute approximate surface area is 75.1 Å². The fraction of sp³-hybridized carbons (Fsp3) is 0. The van der Waals surface area contributed by atoms with Crippen LogP contribution in [-0.4, -0.2) is 0 Å². The predicted molar refractivity (Wildman–Crippen MR) is 0 cm³/mol. The monoisotopic (exact) mass is 99.9 g/mol. The molecular formula is ClFNa2. The zero-order valence-electron chi connectivity index (χ0n) is 2.76. The van der Waals surface area contributed by atoms with E-state index in [1.165, 1.54) is 0 Å². The molecule has 0 unspecified atom stereocenters. The summed E-state index contributed by atoms with van der Waals surface area (Å²) in [6.07, 6.45) is 0. The van der Waals surface area contributed by atoms with Crippen LogP contribution in [0.15, 0.2) is 0 Å². The Kier molecular flexibility index (Phi) is 162. The molecule has 0 aliphatic carbocycles. The molecule has 0 atom stereocenters. The van der Waals surface area contributed by atoms with Crippen LogP contribution in [0, 0.1) is 0 Å². The number of rotatable bonds is 0. The zero-order chi connectivity index (χ0) is 0. The van der Waals surface area contributed by atoms with Gasteiger partial charge in [0.15, 0.2) is 0 Å². The van der Waals surface area contributed by atoms with Gasteiger partial charge in [0.25, 0.3) is 0 Å². The Balaban J connectivity index is 0. The van der Waals surface area contributed by atoms with Crippen molar-refractivity contribution in [1.82, 2.24) is 0 Å². The molecule has 4 heteroatoms. The van der Waals surface area contributed by atoms with Crippen LogP contribution in [0.3, 0.4) is 0 Å². The van der Waals surface area contributed by atoms with Crippen LogP contribution in [0.25, 0.3) is 0 Å². The second-order valence-electron chi connectivity index (χ2n) is 0. The van der Waals surface area contributed by atoms with E-state index in [-0.39, 0.29) is 76.2 Å². The number of hydrogen-bond donors (Lipinski definition) is 0. The molecule has 0 N–H and O–H groups in total. The maximum absolute atomic E-state index is 0. The van der Waals surface area contributed by atoms with Crippen LogP contribution >= 0.6 is 0 Å². The molecule has 0 aromatic carbocycles. The van der Waals surface area contributed by atoms with Gasteiger partial charge in [-0.3, -0.25) is 0 Å². The average molecular weight is 100 g/mol. The van der Waals surface area contributed by atoms with Gasteiger partial charge in [-0.15, -0.1) is 0 Å². The van der Waals surface area contributed by atoms with Gasteiger partial charge < -0.3 is 17.1 Å². The van der Waals surface area contributed by atoms with Gasteiger partial charge in [0, 0.05) is 0 Å². The van der Waals surface area contributed by atoms with E-state index >= 15 is 0 Å². The quantitative estimate of drug-likeness (QED) is 0.265. The summed E-state index contributed by atoms with van der Waals surface area (Å²) in [5, 5.41) is 0. The van der Waals surface area contributed by atoms with Gasteiger partial charge in [-0.05, 0) is 0 Å². The second-order valence-corrected chi connectivity index (χ2v) is 0. The first-order chi connectivity index (χ1) is 0. The van der Waals surface area contributed by atoms with Crippen LogP contribution in [-0.2, 0) is 0 Å². The van der Waals surface area contributed by atoms with Gasteiger partial charge in [0.05, 0.1) is 0 Å². The molecule has 0 bridgehead atoms. The summed E-state index contributed by atoms with van der Waals surface area (Å²) in [6, 6.07) is 0. The smallest absolute Gasteiger partial charge is 1.00 e. The standard InChI is InChI=1S/ClH.FH.2Na/h2*1H;;/q;;2*+1/p-2. The van der Waals surface area contributed by atoms with E-state index in [2.05, 4.69) is 0 Å². The van der Waals surface area contributed by atoms with Gasteiger partial charge in [0.1, 0.15) is 0 Å². The summed E-state index contributed by atoms with van der Waals surface area (Å²) >= 11 is 0. The molecule has 0 aliphatic rings. The molecule has 0 rings (SSSR count). The third-order valence-electron chi connectivity index (χ3n) is 0. The van der Waals surface area contributed by atoms with Crippen molar-refractivity contribution in [1.29, 1.82) is 0 Å². The van der Waals surface area contributed by atoms with Crippen molar-refractivity contribution in [3.05, 3.63) is 0 Å². The predicted octanol–water partition coefficient (Wildman–Crippen LogP) is -12.0. The topological polar surface area (TPSA) is 0 Å². The SMILES string of the molecule is [Cl-].[F-].[Na+].[Na+]. The summed E-state index contributed by atoms with van der Waals surface area (Å²) < 4.78 is 0. The van der Waals surface area contributed by atoms with Crippen molar-refractivity contribution in [2.24, 2.45) is 0 Å². The molecule has 0 fully saturated rings. The van der Waals surface area contributed by atoms with Gasteiger partial charge in [-0.1, -0.05) is 0 Å². The minimum Gasteiger partial charge on any atom is -1.00 e. The van der Waals surface area contributed by atoms with Crippen molar-refractivity contribution in [3.8, 4) is 0 Å². The Morgan fingerprint density at radius 2 is 0.750 bits per heavy atom. The molecule has 0 saturated heterocycles. The van der Waals surface area contributed by atoms with Crippen LogP contribution < -0.4 is 76.2 Å². The van der Waals surface area contributed by atoms with E-state index in [4.69, 9.17) is 0 Å². The third-order valence-corrected chi connectivity index (χ3v) is 0. The van der Waals surface area contributed by atoms with Crippen LogP contribution in [0.1, 0.15) is 0 Å². The Morgan fingerprint density at radius 1 is 0.750 bits per heavy atom. The van der Waals surface area contributed by atoms with Crippen molar-refractivity contribution in [2.75, 3.05) is 0 Å². The molecule has 4 heavy (non-hydrogen) atoms. The van der Waals surface area contributed by atoms with E-state index in [1.807, 2.05) is 0 Å². The van der Waals surface area contributed by atoms with Gasteiger partial charge in [0.2, 0.25) is 0 Å². The molecule has 0 aromatic rings. The van der Waals surface area contributed by atoms with E-state index in [0.717, 1.165) is 0 Å². The Hall–Kier alpha value is 2.22. The second kappa shape index (κ2) is 18.9. The molecular weight excluding hydrogens is 100 g/mol. The summed E-state index contributed by atoms with van der Waals surface area (Å²) in [5.74, 6) is 0. The zero-order valence-corrected chi connectivity index (χ0v) is 7.51. The summed E-state index contributed by atoms with van der Waals surface area (Å²) in [7, 11) is 0. The minimum atomic E-state index is 0. The first-order valence-corrected chi connectivity index (χ1v) is 0. The molecule has 0 nitrogen and oxygen atoms in total. The minimum absolute atomic E-state index is 0. The molecule has 0 aliphatic heterocycles. The first kappa shape index (κ1) is 34.4. The van der Waals surface area contributed by atoms with Crippen molar-refractivity contribution in [3.63, 3.8) is 0 Å². The molecule has 0 heterocycles. The Bertz CT molecular complexity index is 6.00. The molecule has 0 aromatic heterocycles. The van der Waals surface area contributed by atoms with E-state index in [9.17, 15) is 0 Å². The summed E-state index contributed by atoms with van der Waals surface area (Å²) in [4.78, 5) is 0. The van der Waals surface area contributed by atoms with Crippen molar-refractivity contribution < 1.29 is 76.2 Å². The maximum atomic E-state index is 0. The van der Waals surface area contributed by atoms with Gasteiger partial charge >= 0.3 is 59.1 Å². The average Bonchev–Trinajstić information content (AvgIpc) is 0. The molecule has 0 spiro atoms. The summed E-state index contributed by atoms with van der Waals surface area (Å²) in [5.41, 5.74) is 0. The van der Waals surface area contributed by atoms with E-state index in [0.29, 0.717) is 0 Å². The van der Waals surface area contributed by atoms with Crippen LogP contribution in [0.4, 0.5) is 0 Å². The first-order valence-electron chi connectivity index (χ1n) is 0. The molecule has 0 radical (unpaired) electrons. The fourth-order valence-corrected chi connectivity index (χ4v) is 0. The van der Waals surface area contributed by atoms with Gasteiger partial charge in [-0.25, -0.2) is 0 Å². The van der Waals surface area contributed by atoms with Crippen LogP contribution in [0.5, 0.6) is 0 Å². The van der Waals surface area contributed by atoms with E-state index in [1.54, 1.807) is 0 Å². The Morgan fingerprint density at radius 3 is 0.750 bits per heavy atom. The summed E-state index contributed by atoms with van der Waals surface area (Å²) in [6.45, 7) is 0. The van der Waals surface area contributed by atoms with Crippen LogP contribution in [0.2, 0.25) is 0 Å². The van der Waals surface area contributed by atoms with Crippen molar-refractivity contribution >= 4 is 0 Å². The molecule has 16 valence electrons. The third kappa shape index (κ3) is 8.88.